The van der Waals surface area contributed by atoms with E-state index >= 15 is 0 Å². The van der Waals surface area contributed by atoms with E-state index < -0.39 is 0 Å². The zero-order valence-corrected chi connectivity index (χ0v) is 10.2. The van der Waals surface area contributed by atoms with E-state index in [2.05, 4.69) is 5.32 Å². The van der Waals surface area contributed by atoms with Crippen molar-refractivity contribution in [2.24, 2.45) is 5.92 Å². The highest BCUT2D eigenvalue weighted by atomic mass is 16.1. The first kappa shape index (κ1) is 12.7. The van der Waals surface area contributed by atoms with Gasteiger partial charge in [-0.15, -0.1) is 0 Å². The van der Waals surface area contributed by atoms with Crippen molar-refractivity contribution in [2.75, 3.05) is 20.6 Å². The standard InChI is InChI=1S/C12H20N2O2/c1-9(15)13-7-10-4-5-12(16)11(6-10)8-14(2)3/h8,10H,4-7H2,1-3H3,(H,13,15)/b11-8-. The van der Waals surface area contributed by atoms with Crippen LogP contribution < -0.4 is 5.32 Å². The highest BCUT2D eigenvalue weighted by Crippen LogP contribution is 2.25. The zero-order chi connectivity index (χ0) is 12.1. The van der Waals surface area contributed by atoms with Crippen LogP contribution in [0, 0.1) is 5.92 Å². The van der Waals surface area contributed by atoms with Crippen molar-refractivity contribution in [2.45, 2.75) is 26.2 Å². The number of carbonyl (C=O) groups excluding carboxylic acids is 2. The first-order valence-corrected chi connectivity index (χ1v) is 5.63. The van der Waals surface area contributed by atoms with Crippen LogP contribution in [-0.4, -0.2) is 37.2 Å². The summed E-state index contributed by atoms with van der Waals surface area (Å²) >= 11 is 0. The molecule has 0 aromatic rings. The van der Waals surface area contributed by atoms with Gasteiger partial charge in [0, 0.05) is 45.8 Å². The number of nitrogens with one attached hydrogen (secondary N) is 1. The summed E-state index contributed by atoms with van der Waals surface area (Å²) in [5.74, 6) is 0.635. The van der Waals surface area contributed by atoms with Crippen molar-refractivity contribution >= 4 is 11.7 Å². The van der Waals surface area contributed by atoms with Gasteiger partial charge in [0.1, 0.15) is 0 Å². The topological polar surface area (TPSA) is 49.4 Å². The normalized spacial score (nSPS) is 23.3. The van der Waals surface area contributed by atoms with Crippen LogP contribution in [0.4, 0.5) is 0 Å². The van der Waals surface area contributed by atoms with Gasteiger partial charge in [-0.25, -0.2) is 0 Å². The monoisotopic (exact) mass is 224 g/mol. The fraction of sp³-hybridized carbons (Fsp3) is 0.667. The van der Waals surface area contributed by atoms with Crippen LogP contribution in [0.2, 0.25) is 0 Å². The van der Waals surface area contributed by atoms with E-state index in [-0.39, 0.29) is 11.7 Å². The molecule has 1 saturated carbocycles. The number of carbonyl (C=O) groups is 2. The Bertz CT molecular complexity index is 308. The second kappa shape index (κ2) is 5.68. The smallest absolute Gasteiger partial charge is 0.216 e. The van der Waals surface area contributed by atoms with Crippen LogP contribution >= 0.6 is 0 Å². The Labute approximate surface area is 96.7 Å². The minimum absolute atomic E-state index is 0.00459. The third-order valence-corrected chi connectivity index (χ3v) is 2.70. The number of rotatable bonds is 3. The van der Waals surface area contributed by atoms with E-state index in [4.69, 9.17) is 0 Å². The van der Waals surface area contributed by atoms with Crippen LogP contribution in [0.25, 0.3) is 0 Å². The molecule has 0 heterocycles. The van der Waals surface area contributed by atoms with Crippen molar-refractivity contribution in [1.82, 2.24) is 10.2 Å². The molecule has 1 fully saturated rings. The lowest BCUT2D eigenvalue weighted by Crippen LogP contribution is -2.30. The number of Topliss-reactive ketones (excluding diaryl/α,β-unsaturated/α-hetero) is 1. The summed E-state index contributed by atoms with van der Waals surface area (Å²) < 4.78 is 0. The maximum absolute atomic E-state index is 11.6. The van der Waals surface area contributed by atoms with E-state index in [0.29, 0.717) is 18.9 Å². The molecule has 0 aromatic carbocycles. The molecule has 1 atom stereocenters. The number of nitrogens with zero attached hydrogens (tertiary/aromatic N) is 1. The van der Waals surface area contributed by atoms with Crippen LogP contribution in [0.15, 0.2) is 11.8 Å². The molecule has 1 rings (SSSR count). The molecule has 0 aliphatic heterocycles. The molecule has 1 aliphatic rings. The highest BCUT2D eigenvalue weighted by Gasteiger charge is 2.23. The van der Waals surface area contributed by atoms with Crippen LogP contribution in [0.5, 0.6) is 0 Å². The zero-order valence-electron chi connectivity index (χ0n) is 10.2. The summed E-state index contributed by atoms with van der Waals surface area (Å²) in [5.41, 5.74) is 0.881. The molecule has 0 bridgehead atoms. The average Bonchev–Trinajstić information content (AvgIpc) is 2.18. The first-order chi connectivity index (χ1) is 7.49. The van der Waals surface area contributed by atoms with Gasteiger partial charge in [-0.05, 0) is 18.8 Å². The third-order valence-electron chi connectivity index (χ3n) is 2.70. The van der Waals surface area contributed by atoms with E-state index in [0.717, 1.165) is 18.4 Å². The maximum atomic E-state index is 11.6. The minimum Gasteiger partial charge on any atom is -0.383 e. The van der Waals surface area contributed by atoms with E-state index in [1.165, 1.54) is 6.92 Å². The Hall–Kier alpha value is -1.32. The molecule has 0 radical (unpaired) electrons. The summed E-state index contributed by atoms with van der Waals surface area (Å²) in [6.07, 6.45) is 4.15. The van der Waals surface area contributed by atoms with E-state index in [9.17, 15) is 9.59 Å². The van der Waals surface area contributed by atoms with Gasteiger partial charge in [-0.3, -0.25) is 9.59 Å². The summed E-state index contributed by atoms with van der Waals surface area (Å²) in [5, 5.41) is 2.81. The van der Waals surface area contributed by atoms with Crippen LogP contribution in [0.3, 0.4) is 0 Å². The number of hydrogen-bond acceptors (Lipinski definition) is 3. The number of amides is 1. The molecule has 4 heteroatoms. The molecule has 0 saturated heterocycles. The SMILES string of the molecule is CC(=O)NCC1CCC(=O)/C(=C\N(C)C)C1. The number of ketones is 1. The van der Waals surface area contributed by atoms with E-state index in [1.54, 1.807) is 0 Å². The summed E-state index contributed by atoms with van der Waals surface area (Å²) in [6.45, 7) is 2.19. The fourth-order valence-electron chi connectivity index (χ4n) is 1.92. The van der Waals surface area contributed by atoms with Crippen molar-refractivity contribution in [3.8, 4) is 0 Å². The first-order valence-electron chi connectivity index (χ1n) is 5.63. The Balaban J connectivity index is 2.54. The molecular weight excluding hydrogens is 204 g/mol. The second-order valence-corrected chi connectivity index (χ2v) is 4.59. The minimum atomic E-state index is -0.00459. The van der Waals surface area contributed by atoms with Crippen molar-refractivity contribution in [1.29, 1.82) is 0 Å². The fourth-order valence-corrected chi connectivity index (χ4v) is 1.92. The van der Waals surface area contributed by atoms with E-state index in [1.807, 2.05) is 25.2 Å². The summed E-state index contributed by atoms with van der Waals surface area (Å²) in [7, 11) is 3.83. The molecule has 0 aromatic heterocycles. The predicted molar refractivity (Wildman–Crippen MR) is 62.8 cm³/mol. The lowest BCUT2D eigenvalue weighted by atomic mass is 9.85. The lowest BCUT2D eigenvalue weighted by Gasteiger charge is -2.24. The highest BCUT2D eigenvalue weighted by molar-refractivity contribution is 5.95. The maximum Gasteiger partial charge on any atom is 0.216 e. The van der Waals surface area contributed by atoms with Crippen LogP contribution in [-0.2, 0) is 9.59 Å². The van der Waals surface area contributed by atoms with Crippen molar-refractivity contribution < 1.29 is 9.59 Å². The molecule has 90 valence electrons. The largest absolute Gasteiger partial charge is 0.383 e. The van der Waals surface area contributed by atoms with Gasteiger partial charge in [-0.2, -0.15) is 0 Å². The Kier molecular flexibility index (Phi) is 4.52. The quantitative estimate of drug-likeness (QED) is 0.726. The van der Waals surface area contributed by atoms with Crippen LogP contribution in [0.1, 0.15) is 26.2 Å². The number of allylic oxidation sites excluding steroid dienone is 1. The van der Waals surface area contributed by atoms with Crippen molar-refractivity contribution in [3.05, 3.63) is 11.8 Å². The Morgan fingerprint density at radius 1 is 1.56 bits per heavy atom. The molecule has 1 amide bonds. The Morgan fingerprint density at radius 3 is 2.81 bits per heavy atom. The molecule has 1 N–H and O–H groups in total. The van der Waals surface area contributed by atoms with Gasteiger partial charge in [0.05, 0.1) is 0 Å². The molecule has 1 aliphatic carbocycles. The van der Waals surface area contributed by atoms with Gasteiger partial charge < -0.3 is 10.2 Å². The predicted octanol–water partition coefficient (Wildman–Crippen LogP) is 0.937. The average molecular weight is 224 g/mol. The molecule has 0 spiro atoms. The van der Waals surface area contributed by atoms with Gasteiger partial charge >= 0.3 is 0 Å². The van der Waals surface area contributed by atoms with Gasteiger partial charge in [0.2, 0.25) is 5.91 Å². The molecule has 16 heavy (non-hydrogen) atoms. The third kappa shape index (κ3) is 4.04. The Morgan fingerprint density at radius 2 is 2.25 bits per heavy atom. The second-order valence-electron chi connectivity index (χ2n) is 4.59. The summed E-state index contributed by atoms with van der Waals surface area (Å²) in [6, 6.07) is 0. The van der Waals surface area contributed by atoms with Gasteiger partial charge in [-0.1, -0.05) is 0 Å². The lowest BCUT2D eigenvalue weighted by molar-refractivity contribution is -0.119. The molecular formula is C12H20N2O2. The summed E-state index contributed by atoms with van der Waals surface area (Å²) in [4.78, 5) is 24.3. The van der Waals surface area contributed by atoms with Gasteiger partial charge in [0.15, 0.2) is 5.78 Å². The molecule has 4 nitrogen and oxygen atoms in total. The van der Waals surface area contributed by atoms with Gasteiger partial charge in [0.25, 0.3) is 0 Å². The molecule has 1 unspecified atom stereocenters. The number of hydrogen-bond donors (Lipinski definition) is 1. The van der Waals surface area contributed by atoms with Crippen molar-refractivity contribution in [3.63, 3.8) is 0 Å².